The highest BCUT2D eigenvalue weighted by atomic mass is 14.7. The number of hydrogen-bond donors (Lipinski definition) is 0. The fraction of sp³-hybridized carbons (Fsp3) is 0.353. The second-order valence-corrected chi connectivity index (χ2v) is 5.36. The maximum atomic E-state index is 8.49. The van der Waals surface area contributed by atoms with Gasteiger partial charge in [0.2, 0.25) is 0 Å². The zero-order chi connectivity index (χ0) is 17.5. The summed E-state index contributed by atoms with van der Waals surface area (Å²) < 4.78 is 40.1. The average molecular weight is 244 g/mol. The summed E-state index contributed by atoms with van der Waals surface area (Å²) in [6, 6.07) is 10.9. The first-order chi connectivity index (χ1) is 10.4. The Balaban J connectivity index is 2.70. The number of aromatic nitrogens is 1. The molecule has 2 rings (SSSR count). The van der Waals surface area contributed by atoms with E-state index < -0.39 is 18.6 Å². The van der Waals surface area contributed by atoms with Crippen LogP contribution in [0.5, 0.6) is 0 Å². The third kappa shape index (κ3) is 3.19. The van der Waals surface area contributed by atoms with Gasteiger partial charge in [0.05, 0.1) is 5.69 Å². The van der Waals surface area contributed by atoms with Crippen LogP contribution in [-0.2, 0) is 6.37 Å². The van der Waals surface area contributed by atoms with E-state index >= 15 is 0 Å². The van der Waals surface area contributed by atoms with Gasteiger partial charge in [-0.05, 0) is 35.8 Å². The smallest absolute Gasteiger partial charge is 0.0704 e. The fourth-order valence-corrected chi connectivity index (χ4v) is 1.73. The van der Waals surface area contributed by atoms with E-state index in [1.54, 1.807) is 26.8 Å². The van der Waals surface area contributed by atoms with Gasteiger partial charge in [0, 0.05) is 18.6 Å². The lowest BCUT2D eigenvalue weighted by atomic mass is 9.86. The molecule has 0 aliphatic carbocycles. The van der Waals surface area contributed by atoms with Crippen molar-refractivity contribution in [3.8, 4) is 11.3 Å². The van der Waals surface area contributed by atoms with Gasteiger partial charge in [-0.15, -0.1) is 0 Å². The first kappa shape index (κ1) is 7.73. The van der Waals surface area contributed by atoms with E-state index in [9.17, 15) is 0 Å². The highest BCUT2D eigenvalue weighted by Crippen LogP contribution is 2.25. The summed E-state index contributed by atoms with van der Waals surface area (Å²) in [5.41, 5.74) is 0.802. The van der Waals surface area contributed by atoms with E-state index in [-0.39, 0.29) is 11.1 Å². The van der Waals surface area contributed by atoms with Crippen molar-refractivity contribution in [2.45, 2.75) is 34.0 Å². The monoisotopic (exact) mass is 244 g/mol. The van der Waals surface area contributed by atoms with Gasteiger partial charge in [0.25, 0.3) is 0 Å². The van der Waals surface area contributed by atoms with Crippen molar-refractivity contribution >= 4 is 0 Å². The summed E-state index contributed by atoms with van der Waals surface area (Å²) in [6.07, 6.45) is -0.516. The molecule has 2 aromatic rings. The van der Waals surface area contributed by atoms with Crippen molar-refractivity contribution in [2.24, 2.45) is 5.41 Å². The molecule has 0 saturated carbocycles. The van der Waals surface area contributed by atoms with Crippen LogP contribution in [-0.4, -0.2) is 4.98 Å². The second kappa shape index (κ2) is 4.93. The highest BCUT2D eigenvalue weighted by molar-refractivity contribution is 5.60. The minimum Gasteiger partial charge on any atom is -0.256 e. The van der Waals surface area contributed by atoms with Gasteiger partial charge in [0.15, 0.2) is 0 Å². The van der Waals surface area contributed by atoms with Gasteiger partial charge in [-0.1, -0.05) is 51.1 Å². The van der Waals surface area contributed by atoms with Crippen molar-refractivity contribution in [2.75, 3.05) is 0 Å². The van der Waals surface area contributed by atoms with Crippen LogP contribution < -0.4 is 0 Å². The molecule has 0 saturated heterocycles. The van der Waals surface area contributed by atoms with Crippen molar-refractivity contribution in [3.05, 3.63) is 53.7 Å². The molecular formula is C17H21N. The molecule has 0 atom stereocenters. The van der Waals surface area contributed by atoms with E-state index in [2.05, 4.69) is 4.98 Å². The van der Waals surface area contributed by atoms with E-state index in [1.807, 2.05) is 30.3 Å². The predicted octanol–water partition coefficient (Wildman–Crippen LogP) is 4.65. The highest BCUT2D eigenvalue weighted by Gasteiger charge is 2.14. The second-order valence-electron chi connectivity index (χ2n) is 5.36. The Morgan fingerprint density at radius 1 is 1.22 bits per heavy atom. The quantitative estimate of drug-likeness (QED) is 0.749. The van der Waals surface area contributed by atoms with E-state index in [0.717, 1.165) is 5.56 Å². The summed E-state index contributed by atoms with van der Waals surface area (Å²) >= 11 is 0. The first-order valence-corrected chi connectivity index (χ1v) is 6.01. The topological polar surface area (TPSA) is 12.9 Å². The Kier molecular flexibility index (Phi) is 2.12. The molecule has 0 N–H and O–H groups in total. The van der Waals surface area contributed by atoms with Crippen LogP contribution in [0.1, 0.15) is 38.8 Å². The predicted molar refractivity (Wildman–Crippen MR) is 77.6 cm³/mol. The SMILES string of the molecule is [2H]C([2H])([2H])c1cnc(-c2ccccc2)cc1C([2H])([2H])C(C)(C)C. The van der Waals surface area contributed by atoms with E-state index in [4.69, 9.17) is 6.85 Å². The number of aryl methyl sites for hydroxylation is 1. The Morgan fingerprint density at radius 2 is 1.94 bits per heavy atom. The Bertz CT molecular complexity index is 684. The summed E-state index contributed by atoms with van der Waals surface area (Å²) in [7, 11) is 0. The number of hydrogen-bond acceptors (Lipinski definition) is 1. The van der Waals surface area contributed by atoms with Crippen LogP contribution in [0.25, 0.3) is 11.3 Å². The fourth-order valence-electron chi connectivity index (χ4n) is 1.73. The Labute approximate surface area is 117 Å². The molecule has 0 aliphatic rings. The lowest BCUT2D eigenvalue weighted by Gasteiger charge is -2.20. The van der Waals surface area contributed by atoms with Crippen LogP contribution in [0, 0.1) is 12.3 Å². The third-order valence-corrected chi connectivity index (χ3v) is 2.48. The van der Waals surface area contributed by atoms with Crippen molar-refractivity contribution in [1.29, 1.82) is 0 Å². The molecule has 18 heavy (non-hydrogen) atoms. The lowest BCUT2D eigenvalue weighted by molar-refractivity contribution is 0.410. The molecule has 0 amide bonds. The Morgan fingerprint density at radius 3 is 2.56 bits per heavy atom. The van der Waals surface area contributed by atoms with E-state index in [0.29, 0.717) is 5.69 Å². The average Bonchev–Trinajstić information content (AvgIpc) is 2.45. The molecule has 0 radical (unpaired) electrons. The van der Waals surface area contributed by atoms with Crippen molar-refractivity contribution in [1.82, 2.24) is 4.98 Å². The molecule has 0 unspecified atom stereocenters. The van der Waals surface area contributed by atoms with Gasteiger partial charge < -0.3 is 0 Å². The largest absolute Gasteiger partial charge is 0.256 e. The van der Waals surface area contributed by atoms with Crippen LogP contribution >= 0.6 is 0 Å². The number of pyridine rings is 1. The van der Waals surface area contributed by atoms with Crippen LogP contribution in [0.4, 0.5) is 0 Å². The number of rotatable bonds is 2. The molecular weight excluding hydrogens is 218 g/mol. The Hall–Kier alpha value is -1.63. The molecule has 0 fully saturated rings. The lowest BCUT2D eigenvalue weighted by Crippen LogP contribution is -2.10. The van der Waals surface area contributed by atoms with E-state index in [1.165, 1.54) is 6.20 Å². The molecule has 1 heteroatoms. The molecule has 0 spiro atoms. The molecule has 0 bridgehead atoms. The minimum atomic E-state index is -2.41. The zero-order valence-corrected chi connectivity index (χ0v) is 11.0. The van der Waals surface area contributed by atoms with Gasteiger partial charge in [0.1, 0.15) is 0 Å². The number of nitrogens with zero attached hydrogens (tertiary/aromatic N) is 1. The van der Waals surface area contributed by atoms with Crippen molar-refractivity contribution in [3.63, 3.8) is 0 Å². The molecule has 94 valence electrons. The summed E-state index contributed by atoms with van der Waals surface area (Å²) in [5.74, 6) is 0. The van der Waals surface area contributed by atoms with Gasteiger partial charge >= 0.3 is 0 Å². The van der Waals surface area contributed by atoms with Gasteiger partial charge in [-0.25, -0.2) is 0 Å². The number of benzene rings is 1. The third-order valence-electron chi connectivity index (χ3n) is 2.48. The molecule has 1 aromatic heterocycles. The summed E-state index contributed by atoms with van der Waals surface area (Å²) in [4.78, 5) is 4.24. The van der Waals surface area contributed by atoms with Crippen LogP contribution in [0.15, 0.2) is 42.6 Å². The molecule has 1 aromatic carbocycles. The van der Waals surface area contributed by atoms with Crippen LogP contribution in [0.2, 0.25) is 0 Å². The molecule has 1 heterocycles. The standard InChI is InChI=1S/C17H21N/c1-13-12-18-16(14-8-6-5-7-9-14)10-15(13)11-17(2,3)4/h5-10,12H,11H2,1-4H3/i1D3,11D2. The summed E-state index contributed by atoms with van der Waals surface area (Å²) in [6.45, 7) is 2.88. The maximum absolute atomic E-state index is 8.49. The van der Waals surface area contributed by atoms with Gasteiger partial charge in [-0.2, -0.15) is 0 Å². The first-order valence-electron chi connectivity index (χ1n) is 8.51. The minimum absolute atomic E-state index is 0.0305. The zero-order valence-electron chi connectivity index (χ0n) is 16.0. The summed E-state index contributed by atoms with van der Waals surface area (Å²) in [5, 5.41) is 0. The van der Waals surface area contributed by atoms with Crippen molar-refractivity contribution < 1.29 is 6.85 Å². The molecule has 0 aliphatic heterocycles. The normalized spacial score (nSPS) is 17.2. The van der Waals surface area contributed by atoms with Gasteiger partial charge in [-0.3, -0.25) is 4.98 Å². The van der Waals surface area contributed by atoms with Crippen LogP contribution in [0.3, 0.4) is 0 Å². The molecule has 1 nitrogen and oxygen atoms in total. The maximum Gasteiger partial charge on any atom is 0.0704 e.